The summed E-state index contributed by atoms with van der Waals surface area (Å²) in [6, 6.07) is -1.22. The van der Waals surface area contributed by atoms with Gasteiger partial charge in [0.1, 0.15) is 0 Å². The van der Waals surface area contributed by atoms with Crippen LogP contribution in [0.1, 0.15) is 5.82 Å². The molecule has 0 aromatic carbocycles. The van der Waals surface area contributed by atoms with Gasteiger partial charge < -0.3 is 5.73 Å². The molecule has 62 valence electrons. The van der Waals surface area contributed by atoms with Gasteiger partial charge in [-0.3, -0.25) is 0 Å². The number of hydrogen-bond donors (Lipinski definition) is 2. The Bertz CT molecular complexity index is 198. The molecule has 1 aromatic rings. The summed E-state index contributed by atoms with van der Waals surface area (Å²) in [5.41, 5.74) is 5.04. The van der Waals surface area contributed by atoms with E-state index in [0.29, 0.717) is 0 Å². The van der Waals surface area contributed by atoms with Gasteiger partial charge in [-0.2, -0.15) is 5.21 Å². The van der Waals surface area contributed by atoms with E-state index < -0.39 is 12.5 Å². The number of nitrogens with zero attached hydrogens (tertiary/aromatic N) is 3. The summed E-state index contributed by atoms with van der Waals surface area (Å²) in [6.07, 6.45) is -2.61. The lowest BCUT2D eigenvalue weighted by Gasteiger charge is -2.05. The van der Waals surface area contributed by atoms with Crippen molar-refractivity contribution in [3.8, 4) is 0 Å². The second-order valence-corrected chi connectivity index (χ2v) is 2.03. The van der Waals surface area contributed by atoms with Gasteiger partial charge >= 0.3 is 0 Å². The summed E-state index contributed by atoms with van der Waals surface area (Å²) >= 11 is 0. The number of aromatic amines is 1. The summed E-state index contributed by atoms with van der Waals surface area (Å²) in [4.78, 5) is 0. The standard InChI is InChI=1S/C4H7F2N5/c5-4(6)2(7)1-3-8-10-11-9-3/h2,4H,1,7H2,(H,8,9,10,11). The summed E-state index contributed by atoms with van der Waals surface area (Å²) in [6.45, 7) is 0. The molecular weight excluding hydrogens is 156 g/mol. The predicted molar refractivity (Wildman–Crippen MR) is 31.9 cm³/mol. The first-order valence-corrected chi connectivity index (χ1v) is 2.96. The summed E-state index contributed by atoms with van der Waals surface area (Å²) < 4.78 is 23.6. The molecule has 0 saturated heterocycles. The van der Waals surface area contributed by atoms with E-state index >= 15 is 0 Å². The first kappa shape index (κ1) is 7.99. The number of alkyl halides is 2. The van der Waals surface area contributed by atoms with E-state index in [4.69, 9.17) is 5.73 Å². The van der Waals surface area contributed by atoms with Crippen molar-refractivity contribution in [3.63, 3.8) is 0 Å². The molecule has 11 heavy (non-hydrogen) atoms. The maximum atomic E-state index is 11.8. The second-order valence-electron chi connectivity index (χ2n) is 2.03. The Balaban J connectivity index is 2.43. The monoisotopic (exact) mass is 163 g/mol. The first-order chi connectivity index (χ1) is 5.20. The van der Waals surface area contributed by atoms with Gasteiger partial charge in [0.2, 0.25) is 0 Å². The van der Waals surface area contributed by atoms with Crippen LogP contribution in [-0.4, -0.2) is 33.1 Å². The Morgan fingerprint density at radius 3 is 2.73 bits per heavy atom. The quantitative estimate of drug-likeness (QED) is 0.619. The maximum absolute atomic E-state index is 11.8. The highest BCUT2D eigenvalue weighted by Crippen LogP contribution is 2.01. The van der Waals surface area contributed by atoms with Crippen LogP contribution in [0.3, 0.4) is 0 Å². The number of tetrazole rings is 1. The van der Waals surface area contributed by atoms with Crippen molar-refractivity contribution in [1.29, 1.82) is 0 Å². The molecule has 7 heteroatoms. The van der Waals surface area contributed by atoms with Gasteiger partial charge in [-0.1, -0.05) is 5.21 Å². The molecule has 5 nitrogen and oxygen atoms in total. The second kappa shape index (κ2) is 3.33. The molecule has 1 rings (SSSR count). The van der Waals surface area contributed by atoms with E-state index in [1.165, 1.54) is 0 Å². The van der Waals surface area contributed by atoms with Crippen LogP contribution in [0.2, 0.25) is 0 Å². The van der Waals surface area contributed by atoms with Crippen LogP contribution in [0.25, 0.3) is 0 Å². The molecular formula is C4H7F2N5. The number of aromatic nitrogens is 4. The smallest absolute Gasteiger partial charge is 0.253 e. The number of hydrogen-bond acceptors (Lipinski definition) is 4. The Labute approximate surface area is 61.0 Å². The minimum absolute atomic E-state index is 0.0613. The molecule has 1 unspecified atom stereocenters. The van der Waals surface area contributed by atoms with E-state index in [9.17, 15) is 8.78 Å². The van der Waals surface area contributed by atoms with Gasteiger partial charge in [-0.15, -0.1) is 10.2 Å². The molecule has 0 radical (unpaired) electrons. The van der Waals surface area contributed by atoms with Crippen LogP contribution in [-0.2, 0) is 6.42 Å². The van der Waals surface area contributed by atoms with Gasteiger partial charge in [0.05, 0.1) is 6.04 Å². The average Bonchev–Trinajstić information content (AvgIpc) is 2.39. The highest BCUT2D eigenvalue weighted by atomic mass is 19.3. The van der Waals surface area contributed by atoms with Crippen molar-refractivity contribution >= 4 is 0 Å². The predicted octanol–water partition coefficient (Wildman–Crippen LogP) is -0.665. The molecule has 0 fully saturated rings. The average molecular weight is 163 g/mol. The van der Waals surface area contributed by atoms with E-state index in [0.717, 1.165) is 0 Å². The fourth-order valence-electron chi connectivity index (χ4n) is 0.569. The molecule has 0 bridgehead atoms. The van der Waals surface area contributed by atoms with Crippen molar-refractivity contribution in [1.82, 2.24) is 20.6 Å². The van der Waals surface area contributed by atoms with Crippen LogP contribution >= 0.6 is 0 Å². The molecule has 1 heterocycles. The van der Waals surface area contributed by atoms with Crippen LogP contribution in [0.15, 0.2) is 0 Å². The van der Waals surface area contributed by atoms with Gasteiger partial charge in [-0.25, -0.2) is 8.78 Å². The minimum atomic E-state index is -2.55. The third-order valence-electron chi connectivity index (χ3n) is 1.13. The Hall–Kier alpha value is -1.11. The molecule has 0 spiro atoms. The van der Waals surface area contributed by atoms with E-state index in [2.05, 4.69) is 20.6 Å². The number of nitrogens with two attached hydrogens (primary N) is 1. The molecule has 3 N–H and O–H groups in total. The fourth-order valence-corrected chi connectivity index (χ4v) is 0.569. The van der Waals surface area contributed by atoms with E-state index in [1.54, 1.807) is 0 Å². The highest BCUT2D eigenvalue weighted by molar-refractivity contribution is 4.83. The Kier molecular flexibility index (Phi) is 2.42. The molecule has 0 aliphatic carbocycles. The van der Waals surface area contributed by atoms with Crippen molar-refractivity contribution < 1.29 is 8.78 Å². The highest BCUT2D eigenvalue weighted by Gasteiger charge is 2.17. The lowest BCUT2D eigenvalue weighted by atomic mass is 10.2. The number of H-pyrrole nitrogens is 1. The van der Waals surface area contributed by atoms with E-state index in [-0.39, 0.29) is 12.2 Å². The molecule has 0 aliphatic rings. The molecule has 0 saturated carbocycles. The van der Waals surface area contributed by atoms with Gasteiger partial charge in [0.15, 0.2) is 5.82 Å². The largest absolute Gasteiger partial charge is 0.323 e. The molecule has 1 aromatic heterocycles. The van der Waals surface area contributed by atoms with E-state index in [1.807, 2.05) is 0 Å². The number of halogens is 2. The minimum Gasteiger partial charge on any atom is -0.323 e. The number of nitrogens with one attached hydrogen (secondary N) is 1. The topological polar surface area (TPSA) is 80.5 Å². The Morgan fingerprint density at radius 1 is 1.55 bits per heavy atom. The van der Waals surface area contributed by atoms with Crippen molar-refractivity contribution in [3.05, 3.63) is 5.82 Å². The number of rotatable bonds is 3. The van der Waals surface area contributed by atoms with Crippen molar-refractivity contribution in [2.75, 3.05) is 0 Å². The normalized spacial score (nSPS) is 13.8. The maximum Gasteiger partial charge on any atom is 0.253 e. The van der Waals surface area contributed by atoms with Gasteiger partial charge in [0, 0.05) is 6.42 Å². The fraction of sp³-hybridized carbons (Fsp3) is 0.750. The lowest BCUT2D eigenvalue weighted by molar-refractivity contribution is 0.115. The summed E-state index contributed by atoms with van der Waals surface area (Å²) in [7, 11) is 0. The van der Waals surface area contributed by atoms with Crippen LogP contribution < -0.4 is 5.73 Å². The first-order valence-electron chi connectivity index (χ1n) is 2.96. The SMILES string of the molecule is NC(Cc1nn[nH]n1)C(F)F. The third-order valence-corrected chi connectivity index (χ3v) is 1.13. The van der Waals surface area contributed by atoms with Crippen molar-refractivity contribution in [2.45, 2.75) is 18.9 Å². The summed E-state index contributed by atoms with van der Waals surface area (Å²) in [5.74, 6) is 0.206. The third kappa shape index (κ3) is 2.19. The zero-order valence-corrected chi connectivity index (χ0v) is 5.54. The van der Waals surface area contributed by atoms with Crippen LogP contribution in [0.4, 0.5) is 8.78 Å². The zero-order chi connectivity index (χ0) is 8.27. The molecule has 0 amide bonds. The van der Waals surface area contributed by atoms with Crippen LogP contribution in [0, 0.1) is 0 Å². The van der Waals surface area contributed by atoms with Crippen molar-refractivity contribution in [2.24, 2.45) is 5.73 Å². The van der Waals surface area contributed by atoms with Gasteiger partial charge in [0.25, 0.3) is 6.43 Å². The van der Waals surface area contributed by atoms with Crippen LogP contribution in [0.5, 0.6) is 0 Å². The zero-order valence-electron chi connectivity index (χ0n) is 5.54. The van der Waals surface area contributed by atoms with Gasteiger partial charge in [-0.05, 0) is 0 Å². The summed E-state index contributed by atoms with van der Waals surface area (Å²) in [5, 5.41) is 12.3. The Morgan fingerprint density at radius 2 is 2.27 bits per heavy atom. The molecule has 0 aliphatic heterocycles. The molecule has 1 atom stereocenters. The lowest BCUT2D eigenvalue weighted by Crippen LogP contribution is -2.31.